The molecule has 5 heteroatoms. The van der Waals surface area contributed by atoms with E-state index >= 15 is 0 Å². The zero-order valence-electron chi connectivity index (χ0n) is 16.1. The Morgan fingerprint density at radius 1 is 1.11 bits per heavy atom. The molecule has 140 valence electrons. The number of rotatable bonds is 6. The summed E-state index contributed by atoms with van der Waals surface area (Å²) in [5.41, 5.74) is 3.51. The molecule has 0 saturated carbocycles. The molecule has 1 atom stereocenters. The Balaban J connectivity index is 1.65. The van der Waals surface area contributed by atoms with E-state index in [1.54, 1.807) is 17.0 Å². The second-order valence-electron chi connectivity index (χ2n) is 6.62. The number of nitrogens with zero attached hydrogens (tertiary/aromatic N) is 2. The van der Waals surface area contributed by atoms with Crippen molar-refractivity contribution in [1.29, 1.82) is 0 Å². The lowest BCUT2D eigenvalue weighted by Gasteiger charge is -2.25. The first-order valence-corrected chi connectivity index (χ1v) is 8.94. The Bertz CT molecular complexity index is 882. The van der Waals surface area contributed by atoms with Gasteiger partial charge in [-0.1, -0.05) is 35.5 Å². The standard InChI is InChI=1S/C22H24N2O3/c1-15-21(17(3)27-23-15)14-26-20-12-10-19(11-13-20)22(25)24(4)16(2)18-8-6-5-7-9-18/h5-13,16H,14H2,1-4H3. The highest BCUT2D eigenvalue weighted by molar-refractivity contribution is 5.94. The summed E-state index contributed by atoms with van der Waals surface area (Å²) in [6.07, 6.45) is 0. The maximum absolute atomic E-state index is 12.8. The van der Waals surface area contributed by atoms with Crippen LogP contribution in [0.25, 0.3) is 0 Å². The molecule has 0 spiro atoms. The number of benzene rings is 2. The molecule has 3 rings (SSSR count). The number of ether oxygens (including phenoxy) is 1. The van der Waals surface area contributed by atoms with Crippen LogP contribution in [0.5, 0.6) is 5.75 Å². The third-order valence-electron chi connectivity index (χ3n) is 4.85. The van der Waals surface area contributed by atoms with Crippen LogP contribution < -0.4 is 4.74 Å². The molecule has 5 nitrogen and oxygen atoms in total. The molecule has 0 saturated heterocycles. The number of carbonyl (C=O) groups excluding carboxylic acids is 1. The van der Waals surface area contributed by atoms with E-state index in [1.807, 2.05) is 70.3 Å². The van der Waals surface area contributed by atoms with Crippen molar-refractivity contribution in [2.45, 2.75) is 33.4 Å². The average molecular weight is 364 g/mol. The Kier molecular flexibility index (Phi) is 5.60. The van der Waals surface area contributed by atoms with Gasteiger partial charge in [-0.3, -0.25) is 4.79 Å². The lowest BCUT2D eigenvalue weighted by molar-refractivity contribution is 0.0742. The van der Waals surface area contributed by atoms with Crippen LogP contribution in [0.2, 0.25) is 0 Å². The maximum atomic E-state index is 12.8. The fourth-order valence-corrected chi connectivity index (χ4v) is 2.89. The molecule has 0 aliphatic carbocycles. The zero-order chi connectivity index (χ0) is 19.4. The Morgan fingerprint density at radius 3 is 2.37 bits per heavy atom. The van der Waals surface area contributed by atoms with Gasteiger partial charge in [-0.25, -0.2) is 0 Å². The minimum Gasteiger partial charge on any atom is -0.489 e. The van der Waals surface area contributed by atoms with Crippen molar-refractivity contribution in [2.24, 2.45) is 0 Å². The van der Waals surface area contributed by atoms with Gasteiger partial charge in [0.2, 0.25) is 0 Å². The third-order valence-corrected chi connectivity index (χ3v) is 4.85. The molecule has 0 radical (unpaired) electrons. The van der Waals surface area contributed by atoms with Crippen molar-refractivity contribution in [3.63, 3.8) is 0 Å². The van der Waals surface area contributed by atoms with Crippen LogP contribution >= 0.6 is 0 Å². The van der Waals surface area contributed by atoms with Crippen LogP contribution in [0, 0.1) is 13.8 Å². The maximum Gasteiger partial charge on any atom is 0.254 e. The van der Waals surface area contributed by atoms with Gasteiger partial charge < -0.3 is 14.2 Å². The Labute approximate surface area is 159 Å². The van der Waals surface area contributed by atoms with Crippen molar-refractivity contribution in [2.75, 3.05) is 7.05 Å². The highest BCUT2D eigenvalue weighted by atomic mass is 16.5. The normalized spacial score (nSPS) is 11.9. The molecule has 1 heterocycles. The van der Waals surface area contributed by atoms with Gasteiger partial charge in [-0.2, -0.15) is 0 Å². The number of amides is 1. The summed E-state index contributed by atoms with van der Waals surface area (Å²) in [5, 5.41) is 3.92. The number of carbonyl (C=O) groups is 1. The third kappa shape index (κ3) is 4.19. The van der Waals surface area contributed by atoms with Gasteiger partial charge in [0.05, 0.1) is 17.3 Å². The average Bonchev–Trinajstić information content (AvgIpc) is 3.03. The van der Waals surface area contributed by atoms with Gasteiger partial charge in [0.25, 0.3) is 5.91 Å². The smallest absolute Gasteiger partial charge is 0.254 e. The van der Waals surface area contributed by atoms with Crippen molar-refractivity contribution >= 4 is 5.91 Å². The second-order valence-corrected chi connectivity index (χ2v) is 6.62. The van der Waals surface area contributed by atoms with Gasteiger partial charge in [0.15, 0.2) is 0 Å². The van der Waals surface area contributed by atoms with E-state index in [-0.39, 0.29) is 11.9 Å². The first kappa shape index (κ1) is 18.7. The minimum absolute atomic E-state index is 0.00540. The molecular formula is C22H24N2O3. The first-order valence-electron chi connectivity index (χ1n) is 8.94. The molecule has 3 aromatic rings. The molecule has 0 aliphatic rings. The summed E-state index contributed by atoms with van der Waals surface area (Å²) in [5.74, 6) is 1.43. The predicted octanol–water partition coefficient (Wildman–Crippen LogP) is 4.70. The van der Waals surface area contributed by atoms with Crippen molar-refractivity contribution < 1.29 is 14.1 Å². The van der Waals surface area contributed by atoms with Gasteiger partial charge >= 0.3 is 0 Å². The second kappa shape index (κ2) is 8.08. The molecule has 0 fully saturated rings. The molecule has 1 aromatic heterocycles. The van der Waals surface area contributed by atoms with Gasteiger partial charge in [0, 0.05) is 12.6 Å². The Morgan fingerprint density at radius 2 is 1.78 bits per heavy atom. The number of hydrogen-bond donors (Lipinski definition) is 0. The highest BCUT2D eigenvalue weighted by Gasteiger charge is 2.19. The van der Waals surface area contributed by atoms with Crippen molar-refractivity contribution in [3.05, 3.63) is 82.7 Å². The molecule has 2 aromatic carbocycles. The molecule has 0 bridgehead atoms. The molecule has 27 heavy (non-hydrogen) atoms. The van der Waals surface area contributed by atoms with Crippen LogP contribution in [0.4, 0.5) is 0 Å². The lowest BCUT2D eigenvalue weighted by atomic mass is 10.1. The van der Waals surface area contributed by atoms with E-state index in [9.17, 15) is 4.79 Å². The van der Waals surface area contributed by atoms with E-state index in [1.165, 1.54) is 0 Å². The number of aromatic nitrogens is 1. The molecule has 1 amide bonds. The zero-order valence-corrected chi connectivity index (χ0v) is 16.1. The fraction of sp³-hybridized carbons (Fsp3) is 0.273. The SMILES string of the molecule is Cc1noc(C)c1COc1ccc(C(=O)N(C)C(C)c2ccccc2)cc1. The van der Waals surface area contributed by atoms with Crippen molar-refractivity contribution in [3.8, 4) is 5.75 Å². The largest absolute Gasteiger partial charge is 0.489 e. The van der Waals surface area contributed by atoms with E-state index in [4.69, 9.17) is 9.26 Å². The summed E-state index contributed by atoms with van der Waals surface area (Å²) in [6, 6.07) is 17.2. The van der Waals surface area contributed by atoms with E-state index in [2.05, 4.69) is 5.16 Å². The van der Waals surface area contributed by atoms with Gasteiger partial charge in [0.1, 0.15) is 18.1 Å². The van der Waals surface area contributed by atoms with E-state index in [0.29, 0.717) is 17.9 Å². The molecular weight excluding hydrogens is 340 g/mol. The van der Waals surface area contributed by atoms with Gasteiger partial charge in [-0.05, 0) is 50.6 Å². The molecule has 1 unspecified atom stereocenters. The van der Waals surface area contributed by atoms with E-state index < -0.39 is 0 Å². The van der Waals surface area contributed by atoms with E-state index in [0.717, 1.165) is 22.6 Å². The highest BCUT2D eigenvalue weighted by Crippen LogP contribution is 2.22. The van der Waals surface area contributed by atoms with Crippen LogP contribution in [-0.4, -0.2) is 23.0 Å². The number of aryl methyl sites for hydroxylation is 2. The van der Waals surface area contributed by atoms with Crippen LogP contribution in [-0.2, 0) is 6.61 Å². The van der Waals surface area contributed by atoms with Crippen LogP contribution in [0.1, 0.15) is 45.9 Å². The molecule has 0 aliphatic heterocycles. The summed E-state index contributed by atoms with van der Waals surface area (Å²) in [4.78, 5) is 14.5. The Hall–Kier alpha value is -3.08. The minimum atomic E-state index is -0.0244. The number of hydrogen-bond acceptors (Lipinski definition) is 4. The first-order chi connectivity index (χ1) is 13.0. The van der Waals surface area contributed by atoms with Crippen LogP contribution in [0.3, 0.4) is 0 Å². The van der Waals surface area contributed by atoms with Crippen molar-refractivity contribution in [1.82, 2.24) is 10.1 Å². The van der Waals surface area contributed by atoms with Crippen LogP contribution in [0.15, 0.2) is 59.1 Å². The van der Waals surface area contributed by atoms with Gasteiger partial charge in [-0.15, -0.1) is 0 Å². The summed E-state index contributed by atoms with van der Waals surface area (Å²) in [7, 11) is 1.82. The summed E-state index contributed by atoms with van der Waals surface area (Å²) >= 11 is 0. The topological polar surface area (TPSA) is 55.6 Å². The predicted molar refractivity (Wildman–Crippen MR) is 104 cm³/mol. The summed E-state index contributed by atoms with van der Waals surface area (Å²) < 4.78 is 10.9. The monoisotopic (exact) mass is 364 g/mol. The molecule has 0 N–H and O–H groups in total. The fourth-order valence-electron chi connectivity index (χ4n) is 2.89. The quantitative estimate of drug-likeness (QED) is 0.636. The summed E-state index contributed by atoms with van der Waals surface area (Å²) in [6.45, 7) is 6.17. The lowest BCUT2D eigenvalue weighted by Crippen LogP contribution is -2.29.